The quantitative estimate of drug-likeness (QED) is 0.671. The van der Waals surface area contributed by atoms with Gasteiger partial charge >= 0.3 is 0 Å². The first-order valence-corrected chi connectivity index (χ1v) is 5.59. The molecule has 70 valence electrons. The molecule has 1 unspecified atom stereocenters. The van der Waals surface area contributed by atoms with Crippen LogP contribution in [0.2, 0.25) is 0 Å². The van der Waals surface area contributed by atoms with E-state index in [9.17, 15) is 0 Å². The van der Waals surface area contributed by atoms with Gasteiger partial charge in [0, 0.05) is 18.3 Å². The minimum atomic E-state index is 0.498. The largest absolute Gasteiger partial charge is 0.346 e. The van der Waals surface area contributed by atoms with Crippen LogP contribution in [-0.4, -0.2) is 23.2 Å². The van der Waals surface area contributed by atoms with Gasteiger partial charge in [0.05, 0.1) is 6.34 Å². The van der Waals surface area contributed by atoms with Crippen LogP contribution in [0.1, 0.15) is 20.3 Å². The van der Waals surface area contributed by atoms with Crippen molar-refractivity contribution in [3.63, 3.8) is 0 Å². The minimum Gasteiger partial charge on any atom is -0.346 e. The van der Waals surface area contributed by atoms with E-state index in [-0.39, 0.29) is 0 Å². The van der Waals surface area contributed by atoms with Crippen molar-refractivity contribution in [1.82, 2.24) is 4.90 Å². The zero-order valence-corrected chi connectivity index (χ0v) is 8.84. The Kier molecular flexibility index (Phi) is 2.44. The molecular weight excluding hydrogens is 180 g/mol. The van der Waals surface area contributed by atoms with Crippen LogP contribution in [0.3, 0.4) is 0 Å². The van der Waals surface area contributed by atoms with E-state index in [2.05, 4.69) is 29.1 Å². The summed E-state index contributed by atoms with van der Waals surface area (Å²) in [6.45, 7) is 5.45. The monoisotopic (exact) mass is 194 g/mol. The summed E-state index contributed by atoms with van der Waals surface area (Å²) in [5.74, 6) is 0. The molecule has 2 nitrogen and oxygen atoms in total. The smallest absolute Gasteiger partial charge is 0.107 e. The highest BCUT2D eigenvalue weighted by molar-refractivity contribution is 8.03. The van der Waals surface area contributed by atoms with Crippen LogP contribution >= 0.6 is 11.8 Å². The Bertz CT molecular complexity index is 291. The fourth-order valence-electron chi connectivity index (χ4n) is 1.62. The molecule has 0 saturated heterocycles. The van der Waals surface area contributed by atoms with Gasteiger partial charge < -0.3 is 4.90 Å². The maximum atomic E-state index is 4.25. The van der Waals surface area contributed by atoms with Crippen molar-refractivity contribution in [2.24, 2.45) is 4.99 Å². The molecule has 0 aromatic rings. The van der Waals surface area contributed by atoms with E-state index in [0.717, 1.165) is 6.54 Å². The van der Waals surface area contributed by atoms with Crippen molar-refractivity contribution in [3.05, 3.63) is 22.8 Å². The van der Waals surface area contributed by atoms with Crippen LogP contribution in [-0.2, 0) is 0 Å². The summed E-state index contributed by atoms with van der Waals surface area (Å²) >= 11 is 1.89. The molecule has 13 heavy (non-hydrogen) atoms. The number of nitrogens with zero attached hydrogens (tertiary/aromatic N) is 2. The van der Waals surface area contributed by atoms with Gasteiger partial charge in [0.2, 0.25) is 0 Å². The molecule has 0 fully saturated rings. The molecule has 2 aliphatic rings. The van der Waals surface area contributed by atoms with Gasteiger partial charge in [-0.25, -0.2) is 4.99 Å². The van der Waals surface area contributed by atoms with Crippen molar-refractivity contribution < 1.29 is 0 Å². The Balaban J connectivity index is 2.16. The molecule has 0 aromatic heterocycles. The lowest BCUT2D eigenvalue weighted by atomic mass is 10.1. The van der Waals surface area contributed by atoms with Gasteiger partial charge in [-0.1, -0.05) is 6.92 Å². The first-order chi connectivity index (χ1) is 6.33. The van der Waals surface area contributed by atoms with E-state index < -0.39 is 0 Å². The van der Waals surface area contributed by atoms with Crippen LogP contribution in [0.5, 0.6) is 0 Å². The predicted molar refractivity (Wildman–Crippen MR) is 58.7 cm³/mol. The van der Waals surface area contributed by atoms with Crippen LogP contribution in [0.25, 0.3) is 0 Å². The lowest BCUT2D eigenvalue weighted by molar-refractivity contribution is 0.434. The maximum Gasteiger partial charge on any atom is 0.107 e. The third-order valence-electron chi connectivity index (χ3n) is 2.31. The summed E-state index contributed by atoms with van der Waals surface area (Å²) in [5.41, 5.74) is 2.74. The first-order valence-electron chi connectivity index (χ1n) is 4.64. The van der Waals surface area contributed by atoms with E-state index in [4.69, 9.17) is 0 Å². The first kappa shape index (κ1) is 8.88. The van der Waals surface area contributed by atoms with Crippen LogP contribution < -0.4 is 0 Å². The third kappa shape index (κ3) is 1.53. The predicted octanol–water partition coefficient (Wildman–Crippen LogP) is 2.60. The summed E-state index contributed by atoms with van der Waals surface area (Å²) in [5, 5.41) is 2.73. The summed E-state index contributed by atoms with van der Waals surface area (Å²) in [7, 11) is 0. The highest BCUT2D eigenvalue weighted by Gasteiger charge is 2.27. The molecule has 0 radical (unpaired) electrons. The van der Waals surface area contributed by atoms with Crippen molar-refractivity contribution in [2.75, 3.05) is 6.54 Å². The molecule has 2 heterocycles. The number of thioether (sulfide) groups is 1. The second kappa shape index (κ2) is 3.58. The standard InChI is InChI=1S/C10H14N2S/c1-3-4-12-7-11-5-9-8(2)6-13-10(9)12/h5-7,10H,3-4H2,1-2H3. The fourth-order valence-corrected chi connectivity index (χ4v) is 2.80. The zero-order chi connectivity index (χ0) is 9.26. The van der Waals surface area contributed by atoms with Crippen LogP contribution in [0.15, 0.2) is 27.7 Å². The summed E-state index contributed by atoms with van der Waals surface area (Å²) in [6.07, 6.45) is 5.12. The average molecular weight is 194 g/mol. The molecule has 2 rings (SSSR count). The molecule has 0 spiro atoms. The van der Waals surface area contributed by atoms with Crippen molar-refractivity contribution in [2.45, 2.75) is 25.6 Å². The van der Waals surface area contributed by atoms with Gasteiger partial charge in [-0.15, -0.1) is 11.8 Å². The Morgan fingerprint density at radius 2 is 2.46 bits per heavy atom. The fraction of sp³-hybridized carbons (Fsp3) is 0.500. The normalized spacial score (nSPS) is 25.7. The van der Waals surface area contributed by atoms with E-state index in [0.29, 0.717) is 5.37 Å². The molecule has 1 atom stereocenters. The second-order valence-electron chi connectivity index (χ2n) is 3.38. The zero-order valence-electron chi connectivity index (χ0n) is 8.03. The Morgan fingerprint density at radius 1 is 1.62 bits per heavy atom. The van der Waals surface area contributed by atoms with Crippen molar-refractivity contribution in [3.8, 4) is 0 Å². The number of hydrogen-bond donors (Lipinski definition) is 0. The van der Waals surface area contributed by atoms with Crippen LogP contribution in [0.4, 0.5) is 0 Å². The molecule has 0 bridgehead atoms. The number of fused-ring (bicyclic) bond motifs is 1. The second-order valence-corrected chi connectivity index (χ2v) is 4.33. The van der Waals surface area contributed by atoms with Gasteiger partial charge in [-0.05, 0) is 24.3 Å². The van der Waals surface area contributed by atoms with Crippen molar-refractivity contribution >= 4 is 18.1 Å². The molecule has 0 N–H and O–H groups in total. The lowest BCUT2D eigenvalue weighted by Gasteiger charge is -2.29. The third-order valence-corrected chi connectivity index (χ3v) is 3.58. The van der Waals surface area contributed by atoms with E-state index in [1.54, 1.807) is 0 Å². The summed E-state index contributed by atoms with van der Waals surface area (Å²) in [4.78, 5) is 6.57. The Morgan fingerprint density at radius 3 is 3.23 bits per heavy atom. The summed E-state index contributed by atoms with van der Waals surface area (Å²) < 4.78 is 0. The maximum absolute atomic E-state index is 4.25. The van der Waals surface area contributed by atoms with Gasteiger partial charge in [0.15, 0.2) is 0 Å². The van der Waals surface area contributed by atoms with Gasteiger partial charge in [-0.3, -0.25) is 0 Å². The van der Waals surface area contributed by atoms with E-state index in [1.165, 1.54) is 17.6 Å². The molecule has 0 aromatic carbocycles. The van der Waals surface area contributed by atoms with Crippen LogP contribution in [0, 0.1) is 0 Å². The minimum absolute atomic E-state index is 0.498. The van der Waals surface area contributed by atoms with E-state index >= 15 is 0 Å². The molecule has 0 amide bonds. The van der Waals surface area contributed by atoms with Gasteiger partial charge in [0.25, 0.3) is 0 Å². The number of aliphatic imine (C=N–C) groups is 1. The molecule has 0 aliphatic carbocycles. The molecule has 3 heteroatoms. The SMILES string of the molecule is CCCN1C=NC=C2C(C)=CSC21. The van der Waals surface area contributed by atoms with Crippen molar-refractivity contribution in [1.29, 1.82) is 0 Å². The van der Waals surface area contributed by atoms with E-state index in [1.807, 2.05) is 24.3 Å². The lowest BCUT2D eigenvalue weighted by Crippen LogP contribution is -2.34. The number of hydrogen-bond acceptors (Lipinski definition) is 3. The highest BCUT2D eigenvalue weighted by Crippen LogP contribution is 2.37. The molecular formula is C10H14N2S. The Hall–Kier alpha value is -0.700. The number of rotatable bonds is 2. The van der Waals surface area contributed by atoms with Gasteiger partial charge in [0.1, 0.15) is 5.37 Å². The molecule has 2 aliphatic heterocycles. The highest BCUT2D eigenvalue weighted by atomic mass is 32.2. The average Bonchev–Trinajstić information content (AvgIpc) is 2.50. The molecule has 0 saturated carbocycles. The summed E-state index contributed by atoms with van der Waals surface area (Å²) in [6, 6.07) is 0. The Labute approximate surface area is 83.4 Å². The topological polar surface area (TPSA) is 15.6 Å². The van der Waals surface area contributed by atoms with Gasteiger partial charge in [-0.2, -0.15) is 0 Å².